The first-order valence-corrected chi connectivity index (χ1v) is 9.19. The Bertz CT molecular complexity index is 719. The number of nitrogens with one attached hydrogen (secondary N) is 1. The summed E-state index contributed by atoms with van der Waals surface area (Å²) in [5, 5.41) is 5.50. The number of rotatable bonds is 7. The van der Waals surface area contributed by atoms with Crippen LogP contribution in [0.5, 0.6) is 0 Å². The van der Waals surface area contributed by atoms with Gasteiger partial charge in [0.1, 0.15) is 5.00 Å². The van der Waals surface area contributed by atoms with Crippen LogP contribution in [-0.4, -0.2) is 18.5 Å². The molecule has 4 nitrogen and oxygen atoms in total. The van der Waals surface area contributed by atoms with Crippen LogP contribution >= 0.6 is 11.3 Å². The monoisotopic (exact) mass is 343 g/mol. The topological polar surface area (TPSA) is 55.4 Å². The highest BCUT2D eigenvalue weighted by molar-refractivity contribution is 7.15. The Hall–Kier alpha value is -2.14. The van der Waals surface area contributed by atoms with Gasteiger partial charge in [-0.1, -0.05) is 30.3 Å². The molecule has 0 bridgehead atoms. The molecule has 1 aromatic heterocycles. The molecule has 2 aromatic rings. The predicted molar refractivity (Wildman–Crippen MR) is 95.6 cm³/mol. The molecule has 1 heterocycles. The molecule has 0 spiro atoms. The number of benzene rings is 1. The maximum atomic E-state index is 12.3. The molecular weight excluding hydrogens is 322 g/mol. The molecule has 0 saturated heterocycles. The van der Waals surface area contributed by atoms with Gasteiger partial charge >= 0.3 is 5.97 Å². The molecule has 1 aliphatic carbocycles. The van der Waals surface area contributed by atoms with Gasteiger partial charge in [0, 0.05) is 6.42 Å². The van der Waals surface area contributed by atoms with E-state index in [0.29, 0.717) is 35.9 Å². The zero-order chi connectivity index (χ0) is 16.9. The van der Waals surface area contributed by atoms with Gasteiger partial charge in [-0.15, -0.1) is 11.3 Å². The number of carbonyl (C=O) groups is 2. The SMILES string of the molecule is CCOC(=O)c1c(C2CC2)csc1NC(=O)CCc1ccccc1. The number of carbonyl (C=O) groups excluding carboxylic acids is 2. The lowest BCUT2D eigenvalue weighted by molar-refractivity contribution is -0.116. The van der Waals surface area contributed by atoms with Gasteiger partial charge in [-0.3, -0.25) is 4.79 Å². The Labute approximate surface area is 145 Å². The number of anilines is 1. The van der Waals surface area contributed by atoms with E-state index in [0.717, 1.165) is 24.0 Å². The standard InChI is InChI=1S/C19H21NO3S/c1-2-23-19(22)17-15(14-9-10-14)12-24-18(17)20-16(21)11-8-13-6-4-3-5-7-13/h3-7,12,14H,2,8-11H2,1H3,(H,20,21). The normalized spacial score (nSPS) is 13.5. The minimum absolute atomic E-state index is 0.0754. The molecule has 0 aliphatic heterocycles. The van der Waals surface area contributed by atoms with E-state index in [1.807, 2.05) is 35.7 Å². The minimum atomic E-state index is -0.334. The molecule has 126 valence electrons. The van der Waals surface area contributed by atoms with Crippen molar-refractivity contribution in [2.24, 2.45) is 0 Å². The van der Waals surface area contributed by atoms with Crippen molar-refractivity contribution < 1.29 is 14.3 Å². The first-order valence-electron chi connectivity index (χ1n) is 8.31. The van der Waals surface area contributed by atoms with Crippen molar-refractivity contribution in [2.75, 3.05) is 11.9 Å². The van der Waals surface area contributed by atoms with E-state index in [4.69, 9.17) is 4.74 Å². The summed E-state index contributed by atoms with van der Waals surface area (Å²) in [6, 6.07) is 9.90. The van der Waals surface area contributed by atoms with Crippen LogP contribution in [0.2, 0.25) is 0 Å². The fourth-order valence-corrected chi connectivity index (χ4v) is 3.71. The summed E-state index contributed by atoms with van der Waals surface area (Å²) in [7, 11) is 0. The van der Waals surface area contributed by atoms with Crippen LogP contribution in [0.4, 0.5) is 5.00 Å². The second-order valence-electron chi connectivity index (χ2n) is 5.92. The van der Waals surface area contributed by atoms with E-state index in [2.05, 4.69) is 5.32 Å². The second-order valence-corrected chi connectivity index (χ2v) is 6.80. The van der Waals surface area contributed by atoms with Crippen molar-refractivity contribution >= 4 is 28.2 Å². The van der Waals surface area contributed by atoms with Crippen LogP contribution in [0.1, 0.15) is 53.6 Å². The number of hydrogen-bond acceptors (Lipinski definition) is 4. The summed E-state index contributed by atoms with van der Waals surface area (Å²) in [5.41, 5.74) is 2.71. The molecule has 1 N–H and O–H groups in total. The smallest absolute Gasteiger partial charge is 0.341 e. The molecule has 3 rings (SSSR count). The number of aryl methyl sites for hydroxylation is 1. The third kappa shape index (κ3) is 4.03. The summed E-state index contributed by atoms with van der Waals surface area (Å²) >= 11 is 1.42. The van der Waals surface area contributed by atoms with Gasteiger partial charge < -0.3 is 10.1 Å². The van der Waals surface area contributed by atoms with E-state index in [1.165, 1.54) is 11.3 Å². The van der Waals surface area contributed by atoms with Crippen molar-refractivity contribution in [3.8, 4) is 0 Å². The third-order valence-corrected chi connectivity index (χ3v) is 4.97. The Morgan fingerprint density at radius 2 is 2.00 bits per heavy atom. The van der Waals surface area contributed by atoms with Crippen LogP contribution in [0.15, 0.2) is 35.7 Å². The maximum Gasteiger partial charge on any atom is 0.341 e. The molecule has 24 heavy (non-hydrogen) atoms. The van der Waals surface area contributed by atoms with Crippen molar-refractivity contribution in [2.45, 2.75) is 38.5 Å². The third-order valence-electron chi connectivity index (χ3n) is 4.05. The fraction of sp³-hybridized carbons (Fsp3) is 0.368. The summed E-state index contributed by atoms with van der Waals surface area (Å²) in [5.74, 6) is 0.0308. The van der Waals surface area contributed by atoms with E-state index in [9.17, 15) is 9.59 Å². The van der Waals surface area contributed by atoms with Gasteiger partial charge in [-0.2, -0.15) is 0 Å². The first kappa shape index (κ1) is 16.7. The quantitative estimate of drug-likeness (QED) is 0.759. The van der Waals surface area contributed by atoms with Gasteiger partial charge in [0.05, 0.1) is 12.2 Å². The largest absolute Gasteiger partial charge is 0.462 e. The highest BCUT2D eigenvalue weighted by Gasteiger charge is 2.32. The number of ether oxygens (including phenoxy) is 1. The Kier molecular flexibility index (Phi) is 5.30. The molecule has 1 saturated carbocycles. The molecule has 1 aromatic carbocycles. The Morgan fingerprint density at radius 3 is 2.67 bits per heavy atom. The molecular formula is C19H21NO3S. The molecule has 1 amide bonds. The van der Waals surface area contributed by atoms with Crippen LogP contribution in [0, 0.1) is 0 Å². The molecule has 0 unspecified atom stereocenters. The van der Waals surface area contributed by atoms with Crippen LogP contribution in [0.25, 0.3) is 0 Å². The zero-order valence-corrected chi connectivity index (χ0v) is 14.5. The summed E-state index contributed by atoms with van der Waals surface area (Å²) in [6.45, 7) is 2.12. The van der Waals surface area contributed by atoms with Gasteiger partial charge in [0.2, 0.25) is 5.91 Å². The zero-order valence-electron chi connectivity index (χ0n) is 13.7. The van der Waals surface area contributed by atoms with Crippen molar-refractivity contribution in [3.63, 3.8) is 0 Å². The Morgan fingerprint density at radius 1 is 1.25 bits per heavy atom. The van der Waals surface area contributed by atoms with E-state index in [1.54, 1.807) is 6.92 Å². The van der Waals surface area contributed by atoms with Crippen molar-refractivity contribution in [3.05, 3.63) is 52.4 Å². The van der Waals surface area contributed by atoms with E-state index < -0.39 is 0 Å². The lowest BCUT2D eigenvalue weighted by Crippen LogP contribution is -2.15. The maximum absolute atomic E-state index is 12.3. The summed E-state index contributed by atoms with van der Waals surface area (Å²) in [6.07, 6.45) is 3.28. The molecule has 1 aliphatic rings. The molecule has 0 radical (unpaired) electrons. The van der Waals surface area contributed by atoms with Gasteiger partial charge in [0.25, 0.3) is 0 Å². The first-order chi connectivity index (χ1) is 11.7. The van der Waals surface area contributed by atoms with Crippen LogP contribution < -0.4 is 5.32 Å². The lowest BCUT2D eigenvalue weighted by Gasteiger charge is -2.08. The van der Waals surface area contributed by atoms with Crippen molar-refractivity contribution in [1.82, 2.24) is 0 Å². The number of esters is 1. The molecule has 1 fully saturated rings. The molecule has 0 atom stereocenters. The summed E-state index contributed by atoms with van der Waals surface area (Å²) in [4.78, 5) is 24.5. The van der Waals surface area contributed by atoms with Crippen LogP contribution in [-0.2, 0) is 16.0 Å². The minimum Gasteiger partial charge on any atom is -0.462 e. The average Bonchev–Trinajstić information content (AvgIpc) is 3.35. The second kappa shape index (κ2) is 7.62. The number of hydrogen-bond donors (Lipinski definition) is 1. The fourth-order valence-electron chi connectivity index (χ4n) is 2.66. The van der Waals surface area contributed by atoms with E-state index >= 15 is 0 Å². The number of thiophene rings is 1. The van der Waals surface area contributed by atoms with Crippen LogP contribution in [0.3, 0.4) is 0 Å². The van der Waals surface area contributed by atoms with Gasteiger partial charge in [-0.25, -0.2) is 4.79 Å². The van der Waals surface area contributed by atoms with E-state index in [-0.39, 0.29) is 11.9 Å². The van der Waals surface area contributed by atoms with Gasteiger partial charge in [0.15, 0.2) is 0 Å². The number of amides is 1. The molecule has 5 heteroatoms. The average molecular weight is 343 g/mol. The predicted octanol–water partition coefficient (Wildman–Crippen LogP) is 4.37. The van der Waals surface area contributed by atoms with Gasteiger partial charge in [-0.05, 0) is 48.6 Å². The highest BCUT2D eigenvalue weighted by atomic mass is 32.1. The summed E-state index contributed by atoms with van der Waals surface area (Å²) < 4.78 is 5.17. The van der Waals surface area contributed by atoms with Crippen molar-refractivity contribution in [1.29, 1.82) is 0 Å². The Balaban J connectivity index is 1.67. The highest BCUT2D eigenvalue weighted by Crippen LogP contribution is 2.46. The lowest BCUT2D eigenvalue weighted by atomic mass is 10.1.